The lowest BCUT2D eigenvalue weighted by molar-refractivity contribution is 0.0952. The summed E-state index contributed by atoms with van der Waals surface area (Å²) in [5.74, 6) is -0.176. The first kappa shape index (κ1) is 14.0. The summed E-state index contributed by atoms with van der Waals surface area (Å²) >= 11 is 9.30. The zero-order valence-electron chi connectivity index (χ0n) is 10.0. The molecule has 1 heterocycles. The average molecular weight is 344 g/mol. The van der Waals surface area contributed by atoms with Crippen molar-refractivity contribution in [3.63, 3.8) is 0 Å². The number of nitrogens with one attached hydrogen (secondary N) is 1. The topological polar surface area (TPSA) is 59.8 Å². The van der Waals surface area contributed by atoms with E-state index in [1.165, 1.54) is 6.33 Å². The van der Waals surface area contributed by atoms with Crippen LogP contribution in [-0.2, 0) is 6.54 Å². The van der Waals surface area contributed by atoms with Gasteiger partial charge in [0.2, 0.25) is 0 Å². The first-order valence-electron chi connectivity index (χ1n) is 5.72. The number of rotatable bonds is 5. The van der Waals surface area contributed by atoms with Crippen molar-refractivity contribution in [2.24, 2.45) is 0 Å². The van der Waals surface area contributed by atoms with Crippen LogP contribution in [0.15, 0.2) is 35.3 Å². The zero-order chi connectivity index (χ0) is 13.7. The molecule has 0 spiro atoms. The van der Waals surface area contributed by atoms with E-state index in [9.17, 15) is 4.79 Å². The molecule has 7 heteroatoms. The van der Waals surface area contributed by atoms with E-state index < -0.39 is 0 Å². The van der Waals surface area contributed by atoms with Gasteiger partial charge in [0, 0.05) is 17.6 Å². The Balaban J connectivity index is 1.82. The molecule has 0 aliphatic rings. The van der Waals surface area contributed by atoms with E-state index in [0.717, 1.165) is 10.9 Å². The number of benzene rings is 1. The molecule has 2 rings (SSSR count). The minimum Gasteiger partial charge on any atom is -0.352 e. The van der Waals surface area contributed by atoms with Crippen LogP contribution in [0.5, 0.6) is 0 Å². The molecule has 100 valence electrons. The van der Waals surface area contributed by atoms with Gasteiger partial charge in [-0.2, -0.15) is 5.10 Å². The normalized spacial score (nSPS) is 10.4. The minimum absolute atomic E-state index is 0.176. The Morgan fingerprint density at radius 3 is 3.05 bits per heavy atom. The van der Waals surface area contributed by atoms with Crippen molar-refractivity contribution < 1.29 is 4.79 Å². The molecule has 1 aromatic carbocycles. The molecule has 0 saturated heterocycles. The Morgan fingerprint density at radius 1 is 1.47 bits per heavy atom. The Labute approximate surface area is 124 Å². The van der Waals surface area contributed by atoms with Crippen LogP contribution in [0, 0.1) is 0 Å². The van der Waals surface area contributed by atoms with Crippen molar-refractivity contribution in [2.45, 2.75) is 13.0 Å². The molecular formula is C12H12BrClN4O. The molecule has 0 radical (unpaired) electrons. The fraction of sp³-hybridized carbons (Fsp3) is 0.250. The average Bonchev–Trinajstić information content (AvgIpc) is 2.90. The van der Waals surface area contributed by atoms with E-state index in [4.69, 9.17) is 11.6 Å². The van der Waals surface area contributed by atoms with Gasteiger partial charge in [0.15, 0.2) is 0 Å². The highest BCUT2D eigenvalue weighted by Gasteiger charge is 2.09. The molecule has 0 bridgehead atoms. The van der Waals surface area contributed by atoms with Crippen molar-refractivity contribution in [1.29, 1.82) is 0 Å². The summed E-state index contributed by atoms with van der Waals surface area (Å²) in [6.45, 7) is 1.27. The van der Waals surface area contributed by atoms with Gasteiger partial charge in [-0.25, -0.2) is 4.98 Å². The van der Waals surface area contributed by atoms with E-state index in [2.05, 4.69) is 31.3 Å². The third kappa shape index (κ3) is 4.04. The number of hydrogen-bond donors (Lipinski definition) is 1. The van der Waals surface area contributed by atoms with Crippen LogP contribution in [0.2, 0.25) is 5.02 Å². The maximum Gasteiger partial charge on any atom is 0.252 e. The molecule has 0 atom stereocenters. The second kappa shape index (κ2) is 6.68. The molecule has 1 aromatic heterocycles. The molecular weight excluding hydrogens is 332 g/mol. The van der Waals surface area contributed by atoms with Crippen LogP contribution in [0.4, 0.5) is 0 Å². The standard InChI is InChI=1S/C12H12BrClN4O/c13-9-2-3-11(14)10(6-9)12(19)16-4-1-5-18-8-15-7-17-18/h2-3,6-8H,1,4-5H2,(H,16,19). The summed E-state index contributed by atoms with van der Waals surface area (Å²) in [7, 11) is 0. The molecule has 2 aromatic rings. The highest BCUT2D eigenvalue weighted by molar-refractivity contribution is 9.10. The summed E-state index contributed by atoms with van der Waals surface area (Å²) in [5, 5.41) is 7.25. The highest BCUT2D eigenvalue weighted by atomic mass is 79.9. The van der Waals surface area contributed by atoms with Crippen LogP contribution in [0.3, 0.4) is 0 Å². The van der Waals surface area contributed by atoms with Gasteiger partial charge in [0.1, 0.15) is 12.7 Å². The third-order valence-corrected chi connectivity index (χ3v) is 3.31. The number of hydrogen-bond acceptors (Lipinski definition) is 3. The van der Waals surface area contributed by atoms with Crippen LogP contribution >= 0.6 is 27.5 Å². The van der Waals surface area contributed by atoms with Crippen molar-refractivity contribution in [2.75, 3.05) is 6.54 Å². The fourth-order valence-corrected chi connectivity index (χ4v) is 2.12. The van der Waals surface area contributed by atoms with E-state index in [1.54, 1.807) is 29.2 Å². The number of aromatic nitrogens is 3. The predicted octanol–water partition coefficient (Wildman–Crippen LogP) is 2.51. The second-order valence-electron chi connectivity index (χ2n) is 3.89. The molecule has 1 amide bonds. The number of aryl methyl sites for hydroxylation is 1. The predicted molar refractivity (Wildman–Crippen MR) is 76.1 cm³/mol. The van der Waals surface area contributed by atoms with Gasteiger partial charge in [-0.3, -0.25) is 9.48 Å². The summed E-state index contributed by atoms with van der Waals surface area (Å²) < 4.78 is 2.54. The largest absolute Gasteiger partial charge is 0.352 e. The van der Waals surface area contributed by atoms with Crippen LogP contribution in [-0.4, -0.2) is 27.2 Å². The van der Waals surface area contributed by atoms with Gasteiger partial charge in [0.25, 0.3) is 5.91 Å². The first-order chi connectivity index (χ1) is 9.16. The van der Waals surface area contributed by atoms with E-state index in [0.29, 0.717) is 23.7 Å². The second-order valence-corrected chi connectivity index (χ2v) is 5.22. The van der Waals surface area contributed by atoms with E-state index in [-0.39, 0.29) is 5.91 Å². The highest BCUT2D eigenvalue weighted by Crippen LogP contribution is 2.20. The Hall–Kier alpha value is -1.40. The Bertz CT molecular complexity index is 559. The van der Waals surface area contributed by atoms with Crippen LogP contribution in [0.1, 0.15) is 16.8 Å². The zero-order valence-corrected chi connectivity index (χ0v) is 12.4. The smallest absolute Gasteiger partial charge is 0.252 e. The lowest BCUT2D eigenvalue weighted by atomic mass is 10.2. The number of halogens is 2. The molecule has 1 N–H and O–H groups in total. The van der Waals surface area contributed by atoms with Gasteiger partial charge in [-0.05, 0) is 24.6 Å². The molecule has 0 unspecified atom stereocenters. The third-order valence-electron chi connectivity index (χ3n) is 2.49. The summed E-state index contributed by atoms with van der Waals surface area (Å²) in [4.78, 5) is 15.8. The van der Waals surface area contributed by atoms with Crippen molar-refractivity contribution in [1.82, 2.24) is 20.1 Å². The molecule has 0 aliphatic heterocycles. The SMILES string of the molecule is O=C(NCCCn1cncn1)c1cc(Br)ccc1Cl. The molecule has 0 saturated carbocycles. The minimum atomic E-state index is -0.176. The number of carbonyl (C=O) groups excluding carboxylic acids is 1. The number of nitrogens with zero attached hydrogens (tertiary/aromatic N) is 3. The van der Waals surface area contributed by atoms with Crippen LogP contribution in [0.25, 0.3) is 0 Å². The summed E-state index contributed by atoms with van der Waals surface area (Å²) in [6.07, 6.45) is 3.91. The molecule has 0 aliphatic carbocycles. The maximum absolute atomic E-state index is 11.9. The van der Waals surface area contributed by atoms with Crippen molar-refractivity contribution >= 4 is 33.4 Å². The lowest BCUT2D eigenvalue weighted by Crippen LogP contribution is -2.25. The van der Waals surface area contributed by atoms with Gasteiger partial charge < -0.3 is 5.32 Å². The Kier molecular flexibility index (Phi) is 4.93. The summed E-state index contributed by atoms with van der Waals surface area (Å²) in [5.41, 5.74) is 0.469. The fourth-order valence-electron chi connectivity index (χ4n) is 1.56. The molecule has 5 nitrogen and oxygen atoms in total. The quantitative estimate of drug-likeness (QED) is 0.849. The van der Waals surface area contributed by atoms with Gasteiger partial charge in [-0.15, -0.1) is 0 Å². The number of carbonyl (C=O) groups is 1. The van der Waals surface area contributed by atoms with E-state index >= 15 is 0 Å². The van der Waals surface area contributed by atoms with Gasteiger partial charge in [-0.1, -0.05) is 27.5 Å². The van der Waals surface area contributed by atoms with Crippen LogP contribution < -0.4 is 5.32 Å². The van der Waals surface area contributed by atoms with Gasteiger partial charge in [0.05, 0.1) is 10.6 Å². The lowest BCUT2D eigenvalue weighted by Gasteiger charge is -2.07. The Morgan fingerprint density at radius 2 is 2.32 bits per heavy atom. The summed E-state index contributed by atoms with van der Waals surface area (Å²) in [6, 6.07) is 5.19. The van der Waals surface area contributed by atoms with Gasteiger partial charge >= 0.3 is 0 Å². The molecule has 0 fully saturated rings. The number of amides is 1. The van der Waals surface area contributed by atoms with Crippen molar-refractivity contribution in [3.8, 4) is 0 Å². The first-order valence-corrected chi connectivity index (χ1v) is 6.89. The van der Waals surface area contributed by atoms with Crippen molar-refractivity contribution in [3.05, 3.63) is 45.9 Å². The molecule has 19 heavy (non-hydrogen) atoms. The van der Waals surface area contributed by atoms with E-state index in [1.807, 2.05) is 0 Å². The maximum atomic E-state index is 11.9. The monoisotopic (exact) mass is 342 g/mol.